The summed E-state index contributed by atoms with van der Waals surface area (Å²) in [5.74, 6) is -2.47. The molecule has 2 N–H and O–H groups in total. The van der Waals surface area contributed by atoms with E-state index in [9.17, 15) is 19.5 Å². The van der Waals surface area contributed by atoms with Gasteiger partial charge in [0.05, 0.1) is 4.91 Å². The molecule has 7 nitrogen and oxygen atoms in total. The minimum absolute atomic E-state index is 0.0773. The maximum absolute atomic E-state index is 12.7. The number of carboxylic acids is 2. The molecule has 9 heteroatoms. The number of benzene rings is 1. The topological polar surface area (TPSA) is 104 Å². The molecule has 1 saturated heterocycles. The van der Waals surface area contributed by atoms with Crippen LogP contribution in [-0.2, 0) is 14.4 Å². The first-order chi connectivity index (χ1) is 12.8. The van der Waals surface area contributed by atoms with Crippen LogP contribution in [0, 0.1) is 0 Å². The zero-order valence-electron chi connectivity index (χ0n) is 14.2. The predicted molar refractivity (Wildman–Crippen MR) is 105 cm³/mol. The summed E-state index contributed by atoms with van der Waals surface area (Å²) in [6.07, 6.45) is 2.55. The zero-order valence-corrected chi connectivity index (χ0v) is 15.8. The van der Waals surface area contributed by atoms with Crippen LogP contribution < -0.4 is 4.74 Å². The molecule has 1 aromatic rings. The molecule has 1 fully saturated rings. The van der Waals surface area contributed by atoms with Crippen molar-refractivity contribution in [3.05, 3.63) is 47.4 Å². The molecule has 2 rings (SSSR count). The van der Waals surface area contributed by atoms with Gasteiger partial charge in [0.2, 0.25) is 0 Å². The second-order valence-electron chi connectivity index (χ2n) is 5.48. The van der Waals surface area contributed by atoms with Gasteiger partial charge in [0.1, 0.15) is 22.7 Å². The molecular weight excluding hydrogens is 390 g/mol. The van der Waals surface area contributed by atoms with Gasteiger partial charge >= 0.3 is 11.9 Å². The smallest absolute Gasteiger partial charge is 0.326 e. The van der Waals surface area contributed by atoms with Crippen LogP contribution in [0.3, 0.4) is 0 Å². The average Bonchev–Trinajstić information content (AvgIpc) is 2.88. The highest BCUT2D eigenvalue weighted by atomic mass is 32.2. The van der Waals surface area contributed by atoms with Crippen molar-refractivity contribution in [3.8, 4) is 5.75 Å². The second-order valence-corrected chi connectivity index (χ2v) is 7.15. The second kappa shape index (κ2) is 9.33. The van der Waals surface area contributed by atoms with Crippen molar-refractivity contribution in [1.82, 2.24) is 4.90 Å². The van der Waals surface area contributed by atoms with Gasteiger partial charge in [-0.1, -0.05) is 54.8 Å². The lowest BCUT2D eigenvalue weighted by molar-refractivity contribution is -0.146. The molecule has 1 atom stereocenters. The van der Waals surface area contributed by atoms with E-state index in [1.165, 1.54) is 0 Å². The minimum atomic E-state index is -1.33. The number of thioether (sulfide) groups is 1. The maximum atomic E-state index is 12.7. The van der Waals surface area contributed by atoms with Crippen molar-refractivity contribution in [2.24, 2.45) is 0 Å². The molecule has 0 saturated carbocycles. The van der Waals surface area contributed by atoms with E-state index in [1.807, 2.05) is 0 Å². The van der Waals surface area contributed by atoms with Crippen molar-refractivity contribution in [2.45, 2.75) is 18.9 Å². The number of para-hydroxylation sites is 1. The van der Waals surface area contributed by atoms with Gasteiger partial charge in [0.25, 0.3) is 5.91 Å². The Hall–Kier alpha value is -2.65. The molecule has 1 aliphatic heterocycles. The van der Waals surface area contributed by atoms with E-state index in [0.717, 1.165) is 16.7 Å². The lowest BCUT2D eigenvalue weighted by atomic mass is 10.1. The lowest BCUT2D eigenvalue weighted by Crippen LogP contribution is -2.44. The van der Waals surface area contributed by atoms with Crippen molar-refractivity contribution in [1.29, 1.82) is 0 Å². The number of ether oxygens (including phenoxy) is 1. The highest BCUT2D eigenvalue weighted by molar-refractivity contribution is 8.26. The van der Waals surface area contributed by atoms with Crippen molar-refractivity contribution < 1.29 is 29.3 Å². The molecule has 27 heavy (non-hydrogen) atoms. The zero-order chi connectivity index (χ0) is 20.0. The van der Waals surface area contributed by atoms with Gasteiger partial charge < -0.3 is 14.9 Å². The number of amides is 1. The Morgan fingerprint density at radius 3 is 2.67 bits per heavy atom. The number of carbonyl (C=O) groups is 3. The SMILES string of the molecule is C=CCOc1ccccc1/C=C1\SC(=S)N([C@H](CCC(=O)O)C(=O)O)C1=O. The third kappa shape index (κ3) is 5.18. The van der Waals surface area contributed by atoms with E-state index in [1.54, 1.807) is 36.4 Å². The fraction of sp³-hybridized carbons (Fsp3) is 0.222. The number of carbonyl (C=O) groups excluding carboxylic acids is 1. The normalized spacial score (nSPS) is 16.4. The Labute approximate surface area is 165 Å². The summed E-state index contributed by atoms with van der Waals surface area (Å²) in [5, 5.41) is 18.2. The molecule has 1 aliphatic rings. The van der Waals surface area contributed by atoms with Gasteiger partial charge in [-0.2, -0.15) is 0 Å². The number of rotatable bonds is 9. The van der Waals surface area contributed by atoms with Crippen LogP contribution in [0.15, 0.2) is 41.8 Å². The monoisotopic (exact) mass is 407 g/mol. The standard InChI is InChI=1S/C18H17NO6S2/c1-2-9-25-13-6-4-3-5-11(13)10-14-16(22)19(18(26)27-14)12(17(23)24)7-8-15(20)21/h2-6,10,12H,1,7-9H2,(H,20,21)(H,23,24)/b14-10-/t12-/m1/s1. The third-order valence-electron chi connectivity index (χ3n) is 3.61. The number of carboxylic acid groups (broad SMARTS) is 2. The summed E-state index contributed by atoms with van der Waals surface area (Å²) in [7, 11) is 0. The van der Waals surface area contributed by atoms with Crippen LogP contribution in [-0.4, -0.2) is 49.9 Å². The fourth-order valence-electron chi connectivity index (χ4n) is 2.39. The Morgan fingerprint density at radius 2 is 2.04 bits per heavy atom. The molecular formula is C18H17NO6S2. The van der Waals surface area contributed by atoms with Crippen LogP contribution in [0.1, 0.15) is 18.4 Å². The molecule has 0 unspecified atom stereocenters. The fourth-order valence-corrected chi connectivity index (χ4v) is 3.74. The molecule has 142 valence electrons. The third-order valence-corrected chi connectivity index (χ3v) is 4.94. The summed E-state index contributed by atoms with van der Waals surface area (Å²) in [5.41, 5.74) is 0.636. The molecule has 1 amide bonds. The highest BCUT2D eigenvalue weighted by Gasteiger charge is 2.40. The molecule has 0 spiro atoms. The van der Waals surface area contributed by atoms with Crippen LogP contribution in [0.2, 0.25) is 0 Å². The summed E-state index contributed by atoms with van der Waals surface area (Å²) in [4.78, 5) is 36.2. The first-order valence-corrected chi connectivity index (χ1v) is 9.12. The number of thiocarbonyl (C=S) groups is 1. The summed E-state index contributed by atoms with van der Waals surface area (Å²) in [6, 6.07) is 5.73. The van der Waals surface area contributed by atoms with Crippen LogP contribution in [0.4, 0.5) is 0 Å². The summed E-state index contributed by atoms with van der Waals surface area (Å²) >= 11 is 6.13. The van der Waals surface area contributed by atoms with E-state index in [2.05, 4.69) is 6.58 Å². The van der Waals surface area contributed by atoms with Gasteiger partial charge in [-0.15, -0.1) is 0 Å². The number of aliphatic carboxylic acids is 2. The van der Waals surface area contributed by atoms with Crippen LogP contribution in [0.5, 0.6) is 5.75 Å². The molecule has 0 bridgehead atoms. The molecule has 1 heterocycles. The molecule has 0 radical (unpaired) electrons. The Balaban J connectivity index is 2.29. The molecule has 1 aromatic carbocycles. The maximum Gasteiger partial charge on any atom is 0.326 e. The Bertz CT molecular complexity index is 820. The summed E-state index contributed by atoms with van der Waals surface area (Å²) < 4.78 is 5.62. The first kappa shape index (κ1) is 20.7. The summed E-state index contributed by atoms with van der Waals surface area (Å²) in [6.45, 7) is 3.88. The largest absolute Gasteiger partial charge is 0.489 e. The van der Waals surface area contributed by atoms with Crippen LogP contribution in [0.25, 0.3) is 6.08 Å². The van der Waals surface area contributed by atoms with Gasteiger partial charge in [-0.25, -0.2) is 4.79 Å². The van der Waals surface area contributed by atoms with Crippen molar-refractivity contribution in [2.75, 3.05) is 6.61 Å². The molecule has 0 aliphatic carbocycles. The van der Waals surface area contributed by atoms with Crippen molar-refractivity contribution >= 4 is 52.2 Å². The van der Waals surface area contributed by atoms with Crippen LogP contribution >= 0.6 is 24.0 Å². The highest BCUT2D eigenvalue weighted by Crippen LogP contribution is 2.36. The van der Waals surface area contributed by atoms with E-state index in [4.69, 9.17) is 22.1 Å². The van der Waals surface area contributed by atoms with E-state index < -0.39 is 23.9 Å². The van der Waals surface area contributed by atoms with Gasteiger partial charge in [0.15, 0.2) is 0 Å². The van der Waals surface area contributed by atoms with Gasteiger partial charge in [-0.05, 0) is 18.6 Å². The number of hydrogen-bond acceptors (Lipinski definition) is 6. The van der Waals surface area contributed by atoms with E-state index in [-0.39, 0.29) is 22.1 Å². The average molecular weight is 407 g/mol. The van der Waals surface area contributed by atoms with E-state index >= 15 is 0 Å². The predicted octanol–water partition coefficient (Wildman–Crippen LogP) is 2.77. The molecule has 0 aromatic heterocycles. The first-order valence-electron chi connectivity index (χ1n) is 7.89. The minimum Gasteiger partial charge on any atom is -0.489 e. The Morgan fingerprint density at radius 1 is 1.33 bits per heavy atom. The Kier molecular flexibility index (Phi) is 7.14. The number of nitrogens with zero attached hydrogens (tertiary/aromatic N) is 1. The van der Waals surface area contributed by atoms with E-state index in [0.29, 0.717) is 17.9 Å². The lowest BCUT2D eigenvalue weighted by Gasteiger charge is -2.22. The quantitative estimate of drug-likeness (QED) is 0.366. The van der Waals surface area contributed by atoms with Gasteiger partial charge in [0, 0.05) is 12.0 Å². The van der Waals surface area contributed by atoms with Gasteiger partial charge in [-0.3, -0.25) is 14.5 Å². The van der Waals surface area contributed by atoms with Crippen molar-refractivity contribution in [3.63, 3.8) is 0 Å². The number of hydrogen-bond donors (Lipinski definition) is 2.